The van der Waals surface area contributed by atoms with Gasteiger partial charge in [-0.1, -0.05) is 11.6 Å². The highest BCUT2D eigenvalue weighted by atomic mass is 35.5. The van der Waals surface area contributed by atoms with E-state index in [9.17, 15) is 0 Å². The normalized spacial score (nSPS) is 13.0. The van der Waals surface area contributed by atoms with Crippen LogP contribution in [0.2, 0.25) is 10.4 Å². The topological polar surface area (TPSA) is 59.7 Å². The molecule has 1 aromatic heterocycles. The summed E-state index contributed by atoms with van der Waals surface area (Å²) in [5, 5.41) is 8.82. The molecule has 1 unspecified atom stereocenters. The average Bonchev–Trinajstić information content (AvgIpc) is 2.03. The second-order valence-electron chi connectivity index (χ2n) is 1.85. The van der Waals surface area contributed by atoms with E-state index in [0.717, 1.165) is 0 Å². The first kappa shape index (κ1) is 9.63. The molecule has 0 saturated heterocycles. The summed E-state index contributed by atoms with van der Waals surface area (Å²) in [5.41, 5.74) is 0.212. The van der Waals surface area contributed by atoms with E-state index >= 15 is 0 Å². The van der Waals surface area contributed by atoms with Gasteiger partial charge in [-0.05, 0) is 16.8 Å². The van der Waals surface area contributed by atoms with Crippen LogP contribution in [0.1, 0.15) is 0 Å². The van der Waals surface area contributed by atoms with Gasteiger partial charge in [0.15, 0.2) is 0 Å². The lowest BCUT2D eigenvalue weighted by Crippen LogP contribution is -3.03. The number of aromatic nitrogens is 2. The summed E-state index contributed by atoms with van der Waals surface area (Å²) >= 11 is 11.0. The van der Waals surface area contributed by atoms with Crippen molar-refractivity contribution in [2.24, 2.45) is 0 Å². The Morgan fingerprint density at radius 2 is 2.25 bits per heavy atom. The zero-order chi connectivity index (χ0) is 9.14. The zero-order valence-corrected chi connectivity index (χ0v) is 7.60. The molecule has 0 aliphatic heterocycles. The molecule has 66 valence electrons. The van der Waals surface area contributed by atoms with Gasteiger partial charge in [0.25, 0.3) is 5.69 Å². The van der Waals surface area contributed by atoms with Crippen molar-refractivity contribution >= 4 is 28.9 Å². The molecule has 0 radical (unpaired) electrons. The number of quaternary nitrogens is 1. The molecular weight excluding hydrogens is 205 g/mol. The molecule has 7 heteroatoms. The first-order chi connectivity index (χ1) is 5.65. The molecule has 1 heterocycles. The van der Waals surface area contributed by atoms with E-state index in [-0.39, 0.29) is 21.4 Å². The SMILES string of the molecule is CO[NH+](O)c1cnc(Cl)nc1Cl. The van der Waals surface area contributed by atoms with E-state index in [1.807, 2.05) is 0 Å². The van der Waals surface area contributed by atoms with Crippen LogP contribution in [0.5, 0.6) is 0 Å². The maximum Gasteiger partial charge on any atom is 0.253 e. The molecule has 1 rings (SSSR count). The molecule has 0 fully saturated rings. The van der Waals surface area contributed by atoms with Crippen LogP contribution < -0.4 is 5.23 Å². The molecule has 0 aromatic carbocycles. The second-order valence-corrected chi connectivity index (χ2v) is 2.55. The van der Waals surface area contributed by atoms with Crippen molar-refractivity contribution < 1.29 is 15.3 Å². The third kappa shape index (κ3) is 2.02. The van der Waals surface area contributed by atoms with Crippen LogP contribution in [-0.4, -0.2) is 22.3 Å². The van der Waals surface area contributed by atoms with E-state index in [4.69, 9.17) is 28.4 Å². The lowest BCUT2D eigenvalue weighted by Gasteiger charge is -2.04. The van der Waals surface area contributed by atoms with Crippen LogP contribution >= 0.6 is 23.2 Å². The number of nitrogens with zero attached hydrogens (tertiary/aromatic N) is 2. The Balaban J connectivity index is 3.01. The lowest BCUT2D eigenvalue weighted by molar-refractivity contribution is -1.19. The molecule has 0 aliphatic rings. The van der Waals surface area contributed by atoms with E-state index in [0.29, 0.717) is 0 Å². The monoisotopic (exact) mass is 210 g/mol. The van der Waals surface area contributed by atoms with E-state index in [2.05, 4.69) is 14.8 Å². The first-order valence-electron chi connectivity index (χ1n) is 2.93. The number of halogens is 2. The van der Waals surface area contributed by atoms with Crippen LogP contribution in [0.25, 0.3) is 0 Å². The van der Waals surface area contributed by atoms with Crippen molar-refractivity contribution in [3.63, 3.8) is 0 Å². The van der Waals surface area contributed by atoms with Crippen LogP contribution in [0.4, 0.5) is 5.69 Å². The summed E-state index contributed by atoms with van der Waals surface area (Å²) in [6.45, 7) is 0. The number of nitrogens with one attached hydrogen (secondary N) is 1. The molecule has 5 nitrogen and oxygen atoms in total. The summed E-state index contributed by atoms with van der Waals surface area (Å²) in [7, 11) is 1.31. The smallest absolute Gasteiger partial charge is 0.220 e. The minimum Gasteiger partial charge on any atom is -0.220 e. The molecule has 12 heavy (non-hydrogen) atoms. The third-order valence-corrected chi connectivity index (χ3v) is 1.61. The molecule has 1 aromatic rings. The Hall–Kier alpha value is -0.460. The van der Waals surface area contributed by atoms with Crippen LogP contribution in [0, 0.1) is 0 Å². The van der Waals surface area contributed by atoms with Crippen molar-refractivity contribution in [1.29, 1.82) is 0 Å². The predicted molar refractivity (Wildman–Crippen MR) is 41.5 cm³/mol. The molecule has 0 amide bonds. The average molecular weight is 211 g/mol. The minimum absolute atomic E-state index is 0.0210. The van der Waals surface area contributed by atoms with Crippen molar-refractivity contribution in [2.75, 3.05) is 7.11 Å². The van der Waals surface area contributed by atoms with E-state index in [1.165, 1.54) is 13.3 Å². The van der Waals surface area contributed by atoms with Gasteiger partial charge in [0.05, 0.1) is 0 Å². The van der Waals surface area contributed by atoms with Gasteiger partial charge in [0.1, 0.15) is 13.3 Å². The Bertz CT molecular complexity index is 283. The predicted octanol–water partition coefficient (Wildman–Crippen LogP) is 0.250. The summed E-state index contributed by atoms with van der Waals surface area (Å²) in [5.74, 6) is 0. The highest BCUT2D eigenvalue weighted by Crippen LogP contribution is 2.14. The molecule has 0 saturated carbocycles. The first-order valence-corrected chi connectivity index (χ1v) is 3.69. The Morgan fingerprint density at radius 1 is 1.58 bits per heavy atom. The standard InChI is InChI=1S/C5H5Cl2N3O2/c1-12-10(11)3-2-8-5(7)9-4(3)6/h2,11H,1H3/p+1. The zero-order valence-electron chi connectivity index (χ0n) is 6.08. The Labute approximate surface area is 78.4 Å². The van der Waals surface area contributed by atoms with Crippen molar-refractivity contribution in [2.45, 2.75) is 0 Å². The van der Waals surface area contributed by atoms with Gasteiger partial charge < -0.3 is 0 Å². The number of hydrogen-bond donors (Lipinski definition) is 2. The highest BCUT2D eigenvalue weighted by molar-refractivity contribution is 6.33. The quantitative estimate of drug-likeness (QED) is 0.418. The summed E-state index contributed by atoms with van der Waals surface area (Å²) in [6.07, 6.45) is 1.27. The minimum atomic E-state index is -0.336. The molecule has 1 atom stereocenters. The summed E-state index contributed by atoms with van der Waals surface area (Å²) < 4.78 is 0. The fourth-order valence-electron chi connectivity index (χ4n) is 0.595. The van der Waals surface area contributed by atoms with Crippen LogP contribution in [-0.2, 0) is 4.84 Å². The molecule has 0 spiro atoms. The van der Waals surface area contributed by atoms with Gasteiger partial charge in [-0.2, -0.15) is 15.0 Å². The molecule has 0 aliphatic carbocycles. The second kappa shape index (κ2) is 3.97. The number of hydrogen-bond acceptors (Lipinski definition) is 4. The van der Waals surface area contributed by atoms with Crippen LogP contribution in [0.15, 0.2) is 6.20 Å². The van der Waals surface area contributed by atoms with Gasteiger partial charge in [-0.15, -0.1) is 0 Å². The lowest BCUT2D eigenvalue weighted by atomic mass is 10.6. The van der Waals surface area contributed by atoms with Gasteiger partial charge in [0.2, 0.25) is 10.4 Å². The van der Waals surface area contributed by atoms with Crippen LogP contribution in [0.3, 0.4) is 0 Å². The maximum absolute atomic E-state index is 9.09. The Morgan fingerprint density at radius 3 is 2.75 bits per heavy atom. The fraction of sp³-hybridized carbons (Fsp3) is 0.200. The van der Waals surface area contributed by atoms with E-state index < -0.39 is 0 Å². The van der Waals surface area contributed by atoms with Crippen molar-refractivity contribution in [3.05, 3.63) is 16.6 Å². The van der Waals surface area contributed by atoms with Gasteiger partial charge >= 0.3 is 0 Å². The van der Waals surface area contributed by atoms with Crippen molar-refractivity contribution in [3.8, 4) is 0 Å². The summed E-state index contributed by atoms with van der Waals surface area (Å²) in [4.78, 5) is 11.7. The Kier molecular flexibility index (Phi) is 3.19. The molecular formula is C5H6Cl2N3O2+. The summed E-state index contributed by atoms with van der Waals surface area (Å²) in [6, 6.07) is 0. The maximum atomic E-state index is 9.09. The fourth-order valence-corrected chi connectivity index (χ4v) is 0.981. The third-order valence-electron chi connectivity index (χ3n) is 1.14. The molecule has 0 bridgehead atoms. The van der Waals surface area contributed by atoms with Gasteiger partial charge in [-0.3, -0.25) is 0 Å². The highest BCUT2D eigenvalue weighted by Gasteiger charge is 2.16. The number of rotatable bonds is 2. The van der Waals surface area contributed by atoms with E-state index in [1.54, 1.807) is 0 Å². The van der Waals surface area contributed by atoms with Gasteiger partial charge in [0, 0.05) is 0 Å². The largest absolute Gasteiger partial charge is 0.253 e. The van der Waals surface area contributed by atoms with Crippen molar-refractivity contribution in [1.82, 2.24) is 9.97 Å². The molecule has 2 N–H and O–H groups in total. The van der Waals surface area contributed by atoms with Gasteiger partial charge in [-0.25, -0.2) is 4.98 Å².